The molecule has 84 valence electrons. The summed E-state index contributed by atoms with van der Waals surface area (Å²) in [6.07, 6.45) is 0. The van der Waals surface area contributed by atoms with Crippen LogP contribution in [-0.2, 0) is 11.3 Å². The van der Waals surface area contributed by atoms with Crippen LogP contribution in [0.1, 0.15) is 5.56 Å². The van der Waals surface area contributed by atoms with Gasteiger partial charge in [-0.2, -0.15) is 0 Å². The van der Waals surface area contributed by atoms with E-state index in [1.165, 1.54) is 9.13 Å². The van der Waals surface area contributed by atoms with Gasteiger partial charge in [-0.15, -0.1) is 11.6 Å². The Hall–Kier alpha value is 0.160. The molecule has 15 heavy (non-hydrogen) atoms. The Labute approximate surface area is 109 Å². The van der Waals surface area contributed by atoms with Crippen LogP contribution in [0.15, 0.2) is 24.3 Å². The SMILES string of the molecule is COCC(CCl)NCc1ccc(I)cc1. The average Bonchev–Trinajstić information content (AvgIpc) is 2.26. The molecule has 1 aromatic rings. The maximum Gasteiger partial charge on any atom is 0.0627 e. The minimum atomic E-state index is 0.218. The van der Waals surface area contributed by atoms with Gasteiger partial charge in [0, 0.05) is 29.1 Å². The summed E-state index contributed by atoms with van der Waals surface area (Å²) in [6.45, 7) is 1.48. The van der Waals surface area contributed by atoms with E-state index in [1.807, 2.05) is 0 Å². The molecule has 0 heterocycles. The summed E-state index contributed by atoms with van der Waals surface area (Å²) < 4.78 is 6.31. The van der Waals surface area contributed by atoms with Crippen molar-refractivity contribution in [2.24, 2.45) is 0 Å². The molecule has 0 aliphatic carbocycles. The summed E-state index contributed by atoms with van der Waals surface area (Å²) in [6, 6.07) is 8.66. The number of alkyl halides is 1. The van der Waals surface area contributed by atoms with Gasteiger partial charge in [0.25, 0.3) is 0 Å². The van der Waals surface area contributed by atoms with Gasteiger partial charge in [-0.25, -0.2) is 0 Å². The van der Waals surface area contributed by atoms with Gasteiger partial charge in [0.2, 0.25) is 0 Å². The maximum atomic E-state index is 5.79. The molecule has 1 unspecified atom stereocenters. The van der Waals surface area contributed by atoms with Crippen LogP contribution in [0, 0.1) is 3.57 Å². The third-order valence-electron chi connectivity index (χ3n) is 2.06. The molecule has 1 rings (SSSR count). The van der Waals surface area contributed by atoms with Crippen molar-refractivity contribution < 1.29 is 4.74 Å². The second kappa shape index (κ2) is 7.44. The molecule has 1 atom stereocenters. The van der Waals surface area contributed by atoms with E-state index in [2.05, 4.69) is 52.2 Å². The molecule has 0 saturated heterocycles. The third-order valence-corrected chi connectivity index (χ3v) is 3.15. The van der Waals surface area contributed by atoms with Gasteiger partial charge in [0.15, 0.2) is 0 Å². The van der Waals surface area contributed by atoms with E-state index in [0.29, 0.717) is 12.5 Å². The van der Waals surface area contributed by atoms with Crippen molar-refractivity contribution in [1.82, 2.24) is 5.32 Å². The second-order valence-corrected chi connectivity index (χ2v) is 4.87. The Morgan fingerprint density at radius 1 is 1.40 bits per heavy atom. The van der Waals surface area contributed by atoms with Gasteiger partial charge in [0.05, 0.1) is 6.61 Å². The standard InChI is InChI=1S/C11H15ClINO/c1-15-8-11(6-12)14-7-9-2-4-10(13)5-3-9/h2-5,11,14H,6-8H2,1H3. The van der Waals surface area contributed by atoms with E-state index in [0.717, 1.165) is 6.54 Å². The van der Waals surface area contributed by atoms with Gasteiger partial charge in [0.1, 0.15) is 0 Å². The normalized spacial score (nSPS) is 12.7. The lowest BCUT2D eigenvalue weighted by molar-refractivity contribution is 0.172. The first-order valence-electron chi connectivity index (χ1n) is 4.79. The van der Waals surface area contributed by atoms with Crippen molar-refractivity contribution in [2.45, 2.75) is 12.6 Å². The van der Waals surface area contributed by atoms with Crippen LogP contribution >= 0.6 is 34.2 Å². The highest BCUT2D eigenvalue weighted by Crippen LogP contribution is 2.06. The van der Waals surface area contributed by atoms with Crippen molar-refractivity contribution in [3.05, 3.63) is 33.4 Å². The summed E-state index contributed by atoms with van der Waals surface area (Å²) in [5, 5.41) is 3.35. The van der Waals surface area contributed by atoms with Gasteiger partial charge in [-0.1, -0.05) is 12.1 Å². The summed E-state index contributed by atoms with van der Waals surface area (Å²) in [5.41, 5.74) is 1.27. The first-order chi connectivity index (χ1) is 7.26. The molecule has 0 fully saturated rings. The zero-order valence-electron chi connectivity index (χ0n) is 8.67. The van der Waals surface area contributed by atoms with Crippen LogP contribution in [0.5, 0.6) is 0 Å². The summed E-state index contributed by atoms with van der Waals surface area (Å²) in [4.78, 5) is 0. The van der Waals surface area contributed by atoms with Crippen molar-refractivity contribution >= 4 is 34.2 Å². The van der Waals surface area contributed by atoms with Gasteiger partial charge in [-0.3, -0.25) is 0 Å². The highest BCUT2D eigenvalue weighted by Gasteiger charge is 2.05. The molecule has 0 radical (unpaired) electrons. The quantitative estimate of drug-likeness (QED) is 0.635. The number of rotatable bonds is 6. The van der Waals surface area contributed by atoms with E-state index in [9.17, 15) is 0 Å². The minimum Gasteiger partial charge on any atom is -0.383 e. The number of methoxy groups -OCH3 is 1. The van der Waals surface area contributed by atoms with Gasteiger partial charge >= 0.3 is 0 Å². The number of benzene rings is 1. The summed E-state index contributed by atoms with van der Waals surface area (Å²) >= 11 is 8.09. The summed E-state index contributed by atoms with van der Waals surface area (Å²) in [5.74, 6) is 0.568. The Morgan fingerprint density at radius 3 is 2.60 bits per heavy atom. The molecule has 4 heteroatoms. The van der Waals surface area contributed by atoms with Crippen LogP contribution < -0.4 is 5.32 Å². The molecule has 0 amide bonds. The molecule has 0 aromatic heterocycles. The Bertz CT molecular complexity index is 278. The number of hydrogen-bond acceptors (Lipinski definition) is 2. The molecule has 1 aromatic carbocycles. The Morgan fingerprint density at radius 2 is 2.07 bits per heavy atom. The smallest absolute Gasteiger partial charge is 0.0627 e. The van der Waals surface area contributed by atoms with Crippen molar-refractivity contribution in [3.63, 3.8) is 0 Å². The highest BCUT2D eigenvalue weighted by molar-refractivity contribution is 14.1. The Kier molecular flexibility index (Phi) is 6.56. The summed E-state index contributed by atoms with van der Waals surface area (Å²) in [7, 11) is 1.69. The van der Waals surface area contributed by atoms with Gasteiger partial charge < -0.3 is 10.1 Å². The first kappa shape index (κ1) is 13.2. The van der Waals surface area contributed by atoms with Crippen LogP contribution in [0.2, 0.25) is 0 Å². The fraction of sp³-hybridized carbons (Fsp3) is 0.455. The zero-order valence-corrected chi connectivity index (χ0v) is 11.6. The molecule has 0 aliphatic heterocycles. The predicted octanol–water partition coefficient (Wildman–Crippen LogP) is 2.63. The molecular weight excluding hydrogens is 324 g/mol. The van der Waals surface area contributed by atoms with Crippen LogP contribution in [0.3, 0.4) is 0 Å². The first-order valence-corrected chi connectivity index (χ1v) is 6.40. The third kappa shape index (κ3) is 5.15. The van der Waals surface area contributed by atoms with Crippen LogP contribution in [0.4, 0.5) is 0 Å². The average molecular weight is 340 g/mol. The van der Waals surface area contributed by atoms with Crippen molar-refractivity contribution in [1.29, 1.82) is 0 Å². The molecule has 1 N–H and O–H groups in total. The number of ether oxygens (including phenoxy) is 1. The predicted molar refractivity (Wildman–Crippen MR) is 72.4 cm³/mol. The van der Waals surface area contributed by atoms with Crippen LogP contribution in [0.25, 0.3) is 0 Å². The number of hydrogen-bond donors (Lipinski definition) is 1. The Balaban J connectivity index is 2.38. The highest BCUT2D eigenvalue weighted by atomic mass is 127. The topological polar surface area (TPSA) is 21.3 Å². The monoisotopic (exact) mass is 339 g/mol. The molecule has 2 nitrogen and oxygen atoms in total. The van der Waals surface area contributed by atoms with E-state index in [4.69, 9.17) is 16.3 Å². The molecule has 0 aliphatic rings. The second-order valence-electron chi connectivity index (χ2n) is 3.31. The minimum absolute atomic E-state index is 0.218. The van der Waals surface area contributed by atoms with E-state index >= 15 is 0 Å². The number of halogens is 2. The van der Waals surface area contributed by atoms with Crippen LogP contribution in [-0.4, -0.2) is 25.6 Å². The largest absolute Gasteiger partial charge is 0.383 e. The fourth-order valence-electron chi connectivity index (χ4n) is 1.22. The molecule has 0 spiro atoms. The number of nitrogens with one attached hydrogen (secondary N) is 1. The lowest BCUT2D eigenvalue weighted by atomic mass is 10.2. The fourth-order valence-corrected chi connectivity index (χ4v) is 1.78. The van der Waals surface area contributed by atoms with E-state index < -0.39 is 0 Å². The zero-order chi connectivity index (χ0) is 11.1. The maximum absolute atomic E-state index is 5.79. The lowest BCUT2D eigenvalue weighted by Crippen LogP contribution is -2.34. The van der Waals surface area contributed by atoms with Crippen molar-refractivity contribution in [2.75, 3.05) is 19.6 Å². The molecule has 0 saturated carbocycles. The molecule has 0 bridgehead atoms. The van der Waals surface area contributed by atoms with Crippen molar-refractivity contribution in [3.8, 4) is 0 Å². The van der Waals surface area contributed by atoms with E-state index in [-0.39, 0.29) is 6.04 Å². The van der Waals surface area contributed by atoms with Gasteiger partial charge in [-0.05, 0) is 40.3 Å². The lowest BCUT2D eigenvalue weighted by Gasteiger charge is -2.14. The molecular formula is C11H15ClINO. The van der Waals surface area contributed by atoms with E-state index in [1.54, 1.807) is 7.11 Å².